The summed E-state index contributed by atoms with van der Waals surface area (Å²) in [5, 5.41) is 120. The first kappa shape index (κ1) is 71.8. The van der Waals surface area contributed by atoms with Gasteiger partial charge in [0.1, 0.15) is 73.2 Å². The summed E-state index contributed by atoms with van der Waals surface area (Å²) in [4.78, 5) is 13.3. The Bertz CT molecular complexity index is 1500. The molecule has 3 aliphatic heterocycles. The van der Waals surface area contributed by atoms with E-state index in [-0.39, 0.29) is 18.9 Å². The van der Waals surface area contributed by atoms with Gasteiger partial charge in [-0.3, -0.25) is 4.79 Å². The third kappa shape index (κ3) is 27.9. The number of allylic oxidation sites excluding steroid dienone is 1. The van der Waals surface area contributed by atoms with E-state index in [2.05, 4.69) is 19.2 Å². The van der Waals surface area contributed by atoms with E-state index in [0.29, 0.717) is 6.42 Å². The SMILES string of the molecule is CCCCCCCCCCCCCCC/C=C/C(O)C(COC1OC(CO)C(OC2OC(CO)C(OC3OC(CO)C(O)C(O)C3O)C(O)C2O)C(O)C1O)NC(=O)CCCCCCCCCCCCCCCCCCCCC. The lowest BCUT2D eigenvalue weighted by atomic mass is 9.96. The van der Waals surface area contributed by atoms with Gasteiger partial charge >= 0.3 is 0 Å². The van der Waals surface area contributed by atoms with E-state index in [9.17, 15) is 61.0 Å². The second kappa shape index (κ2) is 44.1. The van der Waals surface area contributed by atoms with Gasteiger partial charge in [-0.2, -0.15) is 0 Å². The van der Waals surface area contributed by atoms with Gasteiger partial charge in [0.2, 0.25) is 5.91 Å². The number of carbonyl (C=O) groups is 1. The maximum atomic E-state index is 13.3. The van der Waals surface area contributed by atoms with Crippen LogP contribution < -0.4 is 5.32 Å². The van der Waals surface area contributed by atoms with Crippen molar-refractivity contribution in [3.8, 4) is 0 Å². The highest BCUT2D eigenvalue weighted by molar-refractivity contribution is 5.76. The van der Waals surface area contributed by atoms with Crippen LogP contribution in [0.15, 0.2) is 12.2 Å². The van der Waals surface area contributed by atoms with Gasteiger partial charge in [0.15, 0.2) is 18.9 Å². The van der Waals surface area contributed by atoms with Gasteiger partial charge < -0.3 is 89.9 Å². The molecule has 19 heteroatoms. The number of ether oxygens (including phenoxy) is 6. The Kier molecular flexibility index (Phi) is 40.1. The molecule has 0 spiro atoms. The van der Waals surface area contributed by atoms with Crippen molar-refractivity contribution in [2.24, 2.45) is 0 Å². The third-order valence-electron chi connectivity index (χ3n) is 16.1. The maximum absolute atomic E-state index is 13.3. The third-order valence-corrected chi connectivity index (χ3v) is 16.1. The van der Waals surface area contributed by atoms with Crippen molar-refractivity contribution in [2.45, 2.75) is 336 Å². The molecule has 0 bridgehead atoms. The minimum absolute atomic E-state index is 0.249. The number of unbranched alkanes of at least 4 members (excludes halogenated alkanes) is 31. The van der Waals surface area contributed by atoms with Gasteiger partial charge in [0.25, 0.3) is 0 Å². The van der Waals surface area contributed by atoms with Crippen LogP contribution >= 0.6 is 0 Å². The van der Waals surface area contributed by atoms with Crippen LogP contribution in [0.1, 0.15) is 232 Å². The van der Waals surface area contributed by atoms with Crippen molar-refractivity contribution in [1.82, 2.24) is 5.32 Å². The summed E-state index contributed by atoms with van der Waals surface area (Å²) in [6, 6.07) is -0.967. The van der Waals surface area contributed by atoms with Crippen LogP contribution in [0.25, 0.3) is 0 Å². The number of carbonyl (C=O) groups excluding carboxylic acids is 1. The Morgan fingerprint density at radius 3 is 1.19 bits per heavy atom. The molecule has 3 fully saturated rings. The van der Waals surface area contributed by atoms with Gasteiger partial charge in [0, 0.05) is 6.42 Å². The normalized spacial score (nSPS) is 30.3. The molecule has 0 aliphatic carbocycles. The predicted octanol–water partition coefficient (Wildman–Crippen LogP) is 6.16. The monoisotopic (exact) mass is 1140 g/mol. The van der Waals surface area contributed by atoms with E-state index in [1.54, 1.807) is 6.08 Å². The lowest BCUT2D eigenvalue weighted by molar-refractivity contribution is -0.379. The van der Waals surface area contributed by atoms with Crippen LogP contribution in [0.4, 0.5) is 0 Å². The zero-order valence-corrected chi connectivity index (χ0v) is 48.6. The summed E-state index contributed by atoms with van der Waals surface area (Å²) >= 11 is 0. The number of hydrogen-bond donors (Lipinski definition) is 12. The highest BCUT2D eigenvalue weighted by Gasteiger charge is 2.53. The van der Waals surface area contributed by atoms with Crippen LogP contribution in [0.5, 0.6) is 0 Å². The number of aliphatic hydroxyl groups excluding tert-OH is 11. The second-order valence-electron chi connectivity index (χ2n) is 22.9. The van der Waals surface area contributed by atoms with Gasteiger partial charge in [-0.05, 0) is 19.3 Å². The zero-order valence-electron chi connectivity index (χ0n) is 48.6. The smallest absolute Gasteiger partial charge is 0.220 e. The van der Waals surface area contributed by atoms with E-state index in [4.69, 9.17) is 28.4 Å². The first-order valence-corrected chi connectivity index (χ1v) is 31.4. The number of aliphatic hydroxyl groups is 11. The number of hydrogen-bond acceptors (Lipinski definition) is 18. The first-order chi connectivity index (χ1) is 38.3. The predicted molar refractivity (Wildman–Crippen MR) is 300 cm³/mol. The molecule has 17 unspecified atom stereocenters. The molecule has 79 heavy (non-hydrogen) atoms. The summed E-state index contributed by atoms with van der Waals surface area (Å²) < 4.78 is 34.3. The molecule has 0 radical (unpaired) electrons. The average molecular weight is 1140 g/mol. The average Bonchev–Trinajstić information content (AvgIpc) is 3.48. The van der Waals surface area contributed by atoms with E-state index in [1.807, 2.05) is 6.08 Å². The summed E-state index contributed by atoms with van der Waals surface area (Å²) in [5.41, 5.74) is 0. The van der Waals surface area contributed by atoms with Crippen LogP contribution in [-0.2, 0) is 33.2 Å². The van der Waals surface area contributed by atoms with Crippen molar-refractivity contribution < 1.29 is 89.4 Å². The van der Waals surface area contributed by atoms with Crippen molar-refractivity contribution in [1.29, 1.82) is 0 Å². The quantitative estimate of drug-likeness (QED) is 0.0240. The molecule has 3 heterocycles. The van der Waals surface area contributed by atoms with Crippen molar-refractivity contribution >= 4 is 5.91 Å². The molecule has 17 atom stereocenters. The fourth-order valence-corrected chi connectivity index (χ4v) is 10.9. The molecule has 1 amide bonds. The molecule has 466 valence electrons. The largest absolute Gasteiger partial charge is 0.394 e. The molecular weight excluding hydrogens is 1020 g/mol. The van der Waals surface area contributed by atoms with E-state index >= 15 is 0 Å². The fourth-order valence-electron chi connectivity index (χ4n) is 10.9. The molecule has 0 saturated carbocycles. The highest BCUT2D eigenvalue weighted by Crippen LogP contribution is 2.33. The van der Waals surface area contributed by atoms with E-state index < -0.39 is 124 Å². The Morgan fingerprint density at radius 2 is 0.785 bits per heavy atom. The Morgan fingerprint density at radius 1 is 0.443 bits per heavy atom. The van der Waals surface area contributed by atoms with Crippen LogP contribution in [0.2, 0.25) is 0 Å². The Balaban J connectivity index is 1.48. The van der Waals surface area contributed by atoms with Crippen LogP contribution in [0, 0.1) is 0 Å². The van der Waals surface area contributed by atoms with Gasteiger partial charge in [-0.25, -0.2) is 0 Å². The number of rotatable bonds is 47. The molecule has 3 saturated heterocycles. The van der Waals surface area contributed by atoms with Crippen molar-refractivity contribution in [2.75, 3.05) is 26.4 Å². The summed E-state index contributed by atoms with van der Waals surface area (Å²) in [7, 11) is 0. The van der Waals surface area contributed by atoms with Crippen LogP contribution in [0.3, 0.4) is 0 Å². The summed E-state index contributed by atoms with van der Waals surface area (Å²) in [6.45, 7) is 1.74. The fraction of sp³-hybridized carbons (Fsp3) is 0.950. The standard InChI is InChI=1S/C60H113NO18/c1-3-5-7-9-11-13-15-17-19-20-21-22-24-26-28-30-32-34-36-38-48(66)61-43(44(65)37-35-33-31-29-27-25-23-18-16-14-12-10-8-6-4-2)42-74-58-54(72)51(69)56(46(40-63)76-58)79-60-55(73)52(70)57(47(41-64)77-60)78-59-53(71)50(68)49(67)45(39-62)75-59/h35,37,43-47,49-60,62-65,67-73H,3-34,36,38-42H2,1-2H3,(H,61,66)/b37-35+. The molecule has 3 rings (SSSR count). The lowest BCUT2D eigenvalue weighted by Crippen LogP contribution is -2.66. The molecule has 0 aromatic rings. The lowest BCUT2D eigenvalue weighted by Gasteiger charge is -2.48. The molecule has 0 aromatic heterocycles. The Hall–Kier alpha value is -1.47. The maximum Gasteiger partial charge on any atom is 0.220 e. The summed E-state index contributed by atoms with van der Waals surface area (Å²) in [5.74, 6) is -0.272. The number of nitrogens with one attached hydrogen (secondary N) is 1. The number of amides is 1. The molecule has 12 N–H and O–H groups in total. The molecular formula is C60H113NO18. The van der Waals surface area contributed by atoms with Gasteiger partial charge in [-0.15, -0.1) is 0 Å². The minimum Gasteiger partial charge on any atom is -0.394 e. The van der Waals surface area contributed by atoms with Gasteiger partial charge in [-0.1, -0.05) is 219 Å². The van der Waals surface area contributed by atoms with Crippen molar-refractivity contribution in [3.05, 3.63) is 12.2 Å². The van der Waals surface area contributed by atoms with Gasteiger partial charge in [0.05, 0.1) is 38.6 Å². The van der Waals surface area contributed by atoms with Crippen molar-refractivity contribution in [3.63, 3.8) is 0 Å². The minimum atomic E-state index is -1.97. The topological polar surface area (TPSA) is 307 Å². The second-order valence-corrected chi connectivity index (χ2v) is 22.9. The van der Waals surface area contributed by atoms with E-state index in [0.717, 1.165) is 44.9 Å². The van der Waals surface area contributed by atoms with Crippen LogP contribution in [-0.4, -0.2) is 193 Å². The zero-order chi connectivity index (χ0) is 57.6. The molecule has 3 aliphatic rings. The first-order valence-electron chi connectivity index (χ1n) is 31.4. The Labute approximate surface area is 474 Å². The summed E-state index contributed by atoms with van der Waals surface area (Å²) in [6.07, 6.45) is 17.6. The molecule has 0 aromatic carbocycles. The highest BCUT2D eigenvalue weighted by atomic mass is 16.8. The van der Waals surface area contributed by atoms with E-state index in [1.165, 1.54) is 161 Å². The molecule has 19 nitrogen and oxygen atoms in total.